The zero-order chi connectivity index (χ0) is 16.2. The van der Waals surface area contributed by atoms with Crippen molar-refractivity contribution in [3.8, 4) is 0 Å². The number of anilines is 2. The number of hydrogen-bond acceptors (Lipinski definition) is 4. The van der Waals surface area contributed by atoms with Crippen molar-refractivity contribution in [2.75, 3.05) is 56.1 Å². The lowest BCUT2D eigenvalue weighted by Gasteiger charge is -2.37. The molecule has 1 aliphatic rings. The van der Waals surface area contributed by atoms with Crippen LogP contribution in [-0.2, 0) is 6.18 Å². The van der Waals surface area contributed by atoms with Crippen LogP contribution >= 0.6 is 0 Å². The Morgan fingerprint density at radius 1 is 1.18 bits per heavy atom. The molecular weight excluding hydrogens is 295 g/mol. The Bertz CT molecular complexity index is 485. The Balaban J connectivity index is 2.20. The topological polar surface area (TPSA) is 38.7 Å². The number of halogens is 3. The highest BCUT2D eigenvalue weighted by atomic mass is 19.4. The van der Waals surface area contributed by atoms with Crippen LogP contribution in [0.4, 0.5) is 24.5 Å². The molecule has 0 amide bonds. The zero-order valence-corrected chi connectivity index (χ0v) is 12.7. The van der Waals surface area contributed by atoms with E-state index in [1.165, 1.54) is 6.07 Å². The molecule has 0 spiro atoms. The highest BCUT2D eigenvalue weighted by molar-refractivity contribution is 5.62. The first kappa shape index (κ1) is 16.9. The van der Waals surface area contributed by atoms with E-state index in [9.17, 15) is 13.2 Å². The van der Waals surface area contributed by atoms with E-state index in [0.29, 0.717) is 45.0 Å². The molecule has 0 saturated carbocycles. The SMILES string of the molecule is CCNc1ccc(N2CCN(CCO)CC2)c(C(F)(F)F)c1. The number of aliphatic hydroxyl groups excluding tert-OH is 1. The number of piperazine rings is 1. The minimum absolute atomic E-state index is 0.0746. The summed E-state index contributed by atoms with van der Waals surface area (Å²) in [5, 5.41) is 11.8. The molecule has 22 heavy (non-hydrogen) atoms. The van der Waals surface area contributed by atoms with Gasteiger partial charge in [0.25, 0.3) is 0 Å². The van der Waals surface area contributed by atoms with E-state index in [0.717, 1.165) is 0 Å². The van der Waals surface area contributed by atoms with E-state index in [2.05, 4.69) is 10.2 Å². The molecular formula is C15H22F3N3O. The highest BCUT2D eigenvalue weighted by Gasteiger charge is 2.35. The molecule has 1 aromatic rings. The van der Waals surface area contributed by atoms with Gasteiger partial charge in [-0.05, 0) is 25.1 Å². The van der Waals surface area contributed by atoms with Crippen molar-refractivity contribution in [1.82, 2.24) is 4.90 Å². The normalized spacial score (nSPS) is 16.9. The van der Waals surface area contributed by atoms with Gasteiger partial charge >= 0.3 is 6.18 Å². The summed E-state index contributed by atoms with van der Waals surface area (Å²) in [6.45, 7) is 5.45. The summed E-state index contributed by atoms with van der Waals surface area (Å²) in [4.78, 5) is 3.82. The van der Waals surface area contributed by atoms with Gasteiger partial charge in [0.05, 0.1) is 12.2 Å². The minimum atomic E-state index is -4.37. The molecule has 2 N–H and O–H groups in total. The maximum Gasteiger partial charge on any atom is 0.418 e. The summed E-state index contributed by atoms with van der Waals surface area (Å²) in [6, 6.07) is 4.41. The maximum atomic E-state index is 13.3. The molecule has 0 unspecified atom stereocenters. The van der Waals surface area contributed by atoms with Gasteiger partial charge in [0.15, 0.2) is 0 Å². The van der Waals surface area contributed by atoms with Crippen LogP contribution in [0.25, 0.3) is 0 Å². The molecule has 0 radical (unpaired) electrons. The lowest BCUT2D eigenvalue weighted by Crippen LogP contribution is -2.47. The summed E-state index contributed by atoms with van der Waals surface area (Å²) in [6.07, 6.45) is -4.37. The Morgan fingerprint density at radius 2 is 1.86 bits per heavy atom. The second-order valence-electron chi connectivity index (χ2n) is 5.31. The lowest BCUT2D eigenvalue weighted by molar-refractivity contribution is -0.137. The van der Waals surface area contributed by atoms with Crippen molar-refractivity contribution >= 4 is 11.4 Å². The van der Waals surface area contributed by atoms with E-state index in [1.807, 2.05) is 6.92 Å². The third-order valence-electron chi connectivity index (χ3n) is 3.81. The van der Waals surface area contributed by atoms with Crippen LogP contribution in [-0.4, -0.2) is 55.9 Å². The minimum Gasteiger partial charge on any atom is -0.395 e. The van der Waals surface area contributed by atoms with Crippen molar-refractivity contribution < 1.29 is 18.3 Å². The first-order valence-corrected chi connectivity index (χ1v) is 7.49. The van der Waals surface area contributed by atoms with Crippen LogP contribution in [0.15, 0.2) is 18.2 Å². The standard InChI is InChI=1S/C15H22F3N3O/c1-2-19-12-3-4-14(13(11-12)15(16,17)18)21-7-5-20(6-8-21)9-10-22/h3-4,11,19,22H,2,5-10H2,1H3. The molecule has 4 nitrogen and oxygen atoms in total. The van der Waals surface area contributed by atoms with Crippen LogP contribution < -0.4 is 10.2 Å². The van der Waals surface area contributed by atoms with Gasteiger partial charge < -0.3 is 15.3 Å². The Hall–Kier alpha value is -1.47. The van der Waals surface area contributed by atoms with Crippen molar-refractivity contribution in [2.45, 2.75) is 13.1 Å². The number of benzene rings is 1. The monoisotopic (exact) mass is 317 g/mol. The van der Waals surface area contributed by atoms with E-state index in [1.54, 1.807) is 17.0 Å². The molecule has 1 aromatic carbocycles. The molecule has 1 fully saturated rings. The fourth-order valence-corrected chi connectivity index (χ4v) is 2.71. The fourth-order valence-electron chi connectivity index (χ4n) is 2.71. The van der Waals surface area contributed by atoms with Crippen molar-refractivity contribution in [3.05, 3.63) is 23.8 Å². The molecule has 0 atom stereocenters. The first-order valence-electron chi connectivity index (χ1n) is 7.49. The van der Waals surface area contributed by atoms with Crippen molar-refractivity contribution in [3.63, 3.8) is 0 Å². The van der Waals surface area contributed by atoms with E-state index < -0.39 is 11.7 Å². The Morgan fingerprint density at radius 3 is 2.41 bits per heavy atom. The van der Waals surface area contributed by atoms with Gasteiger partial charge in [0.1, 0.15) is 0 Å². The Kier molecular flexibility index (Phi) is 5.52. The van der Waals surface area contributed by atoms with Crippen LogP contribution in [0.3, 0.4) is 0 Å². The predicted octanol–water partition coefficient (Wildman–Crippen LogP) is 2.25. The highest BCUT2D eigenvalue weighted by Crippen LogP contribution is 2.38. The lowest BCUT2D eigenvalue weighted by atomic mass is 10.1. The number of rotatable bonds is 5. The maximum absolute atomic E-state index is 13.3. The first-order chi connectivity index (χ1) is 10.5. The molecule has 2 rings (SSSR count). The van der Waals surface area contributed by atoms with Gasteiger partial charge in [-0.3, -0.25) is 4.90 Å². The summed E-state index contributed by atoms with van der Waals surface area (Å²) >= 11 is 0. The summed E-state index contributed by atoms with van der Waals surface area (Å²) in [5.41, 5.74) is 0.122. The van der Waals surface area contributed by atoms with Crippen LogP contribution in [0, 0.1) is 0 Å². The largest absolute Gasteiger partial charge is 0.418 e. The van der Waals surface area contributed by atoms with Gasteiger partial charge in [-0.25, -0.2) is 0 Å². The predicted molar refractivity (Wildman–Crippen MR) is 81.3 cm³/mol. The number of nitrogens with one attached hydrogen (secondary N) is 1. The van der Waals surface area contributed by atoms with E-state index >= 15 is 0 Å². The summed E-state index contributed by atoms with van der Waals surface area (Å²) in [7, 11) is 0. The third-order valence-corrected chi connectivity index (χ3v) is 3.81. The fraction of sp³-hybridized carbons (Fsp3) is 0.600. The Labute approximate surface area is 128 Å². The number of β-amino-alcohol motifs (C(OH)–C–C–N with tert-alkyl or cyclic N) is 1. The molecule has 1 heterocycles. The van der Waals surface area contributed by atoms with Crippen molar-refractivity contribution in [2.24, 2.45) is 0 Å². The molecule has 1 saturated heterocycles. The molecule has 124 valence electrons. The van der Waals surface area contributed by atoms with Crippen LogP contribution in [0.5, 0.6) is 0 Å². The summed E-state index contributed by atoms with van der Waals surface area (Å²) in [5.74, 6) is 0. The van der Waals surface area contributed by atoms with Gasteiger partial charge in [0.2, 0.25) is 0 Å². The molecule has 0 bridgehead atoms. The average molecular weight is 317 g/mol. The molecule has 1 aliphatic heterocycles. The smallest absolute Gasteiger partial charge is 0.395 e. The molecule has 7 heteroatoms. The average Bonchev–Trinajstić information content (AvgIpc) is 2.48. The zero-order valence-electron chi connectivity index (χ0n) is 12.7. The number of alkyl halides is 3. The van der Waals surface area contributed by atoms with Crippen LogP contribution in [0.2, 0.25) is 0 Å². The van der Waals surface area contributed by atoms with Crippen LogP contribution in [0.1, 0.15) is 12.5 Å². The van der Waals surface area contributed by atoms with E-state index in [4.69, 9.17) is 5.11 Å². The molecule has 0 aromatic heterocycles. The number of hydrogen-bond donors (Lipinski definition) is 2. The van der Waals surface area contributed by atoms with Gasteiger partial charge in [-0.1, -0.05) is 0 Å². The van der Waals surface area contributed by atoms with Gasteiger partial charge in [-0.15, -0.1) is 0 Å². The van der Waals surface area contributed by atoms with Gasteiger partial charge in [0, 0.05) is 50.6 Å². The second-order valence-corrected chi connectivity index (χ2v) is 5.31. The number of aliphatic hydroxyl groups is 1. The molecule has 0 aliphatic carbocycles. The third kappa shape index (κ3) is 4.04. The van der Waals surface area contributed by atoms with Crippen molar-refractivity contribution in [1.29, 1.82) is 0 Å². The number of nitrogens with zero attached hydrogens (tertiary/aromatic N) is 2. The van der Waals surface area contributed by atoms with E-state index in [-0.39, 0.29) is 12.3 Å². The quantitative estimate of drug-likeness (QED) is 0.874. The van der Waals surface area contributed by atoms with Gasteiger partial charge in [-0.2, -0.15) is 13.2 Å². The summed E-state index contributed by atoms with van der Waals surface area (Å²) < 4.78 is 40.0. The second kappa shape index (κ2) is 7.19.